The second kappa shape index (κ2) is 4.76. The van der Waals surface area contributed by atoms with Crippen molar-refractivity contribution in [1.82, 2.24) is 10.3 Å². The summed E-state index contributed by atoms with van der Waals surface area (Å²) in [6.45, 7) is 5.09. The molecule has 1 aromatic heterocycles. The summed E-state index contributed by atoms with van der Waals surface area (Å²) in [5.41, 5.74) is 4.88. The molecule has 16 heavy (non-hydrogen) atoms. The molecule has 0 spiro atoms. The van der Waals surface area contributed by atoms with Crippen molar-refractivity contribution in [3.05, 3.63) is 39.7 Å². The van der Waals surface area contributed by atoms with E-state index in [-0.39, 0.29) is 0 Å². The second-order valence-corrected chi connectivity index (χ2v) is 4.98. The van der Waals surface area contributed by atoms with Gasteiger partial charge in [0.25, 0.3) is 0 Å². The quantitative estimate of drug-likeness (QED) is 0.879. The highest BCUT2D eigenvalue weighted by Crippen LogP contribution is 2.23. The first kappa shape index (κ1) is 11.3. The molecule has 1 N–H and O–H groups in total. The Hall–Kier alpha value is -1.19. The number of thiazole rings is 1. The number of benzene rings is 1. The van der Waals surface area contributed by atoms with Gasteiger partial charge in [0, 0.05) is 17.5 Å². The van der Waals surface area contributed by atoms with Gasteiger partial charge in [-0.2, -0.15) is 0 Å². The van der Waals surface area contributed by atoms with Crippen LogP contribution in [-0.2, 0) is 6.54 Å². The van der Waals surface area contributed by atoms with Gasteiger partial charge in [0.15, 0.2) is 0 Å². The molecule has 0 saturated carbocycles. The zero-order valence-corrected chi connectivity index (χ0v) is 10.7. The lowest BCUT2D eigenvalue weighted by Gasteiger charge is -2.01. The largest absolute Gasteiger partial charge is 0.314 e. The Labute approximate surface area is 100 Å². The van der Waals surface area contributed by atoms with Gasteiger partial charge in [0.2, 0.25) is 0 Å². The SMILES string of the molecule is CNCc1nc(-c2cc(C)cc(C)c2)cs1. The molecule has 2 aromatic rings. The van der Waals surface area contributed by atoms with Crippen LogP contribution in [0, 0.1) is 13.8 Å². The van der Waals surface area contributed by atoms with Crippen LogP contribution in [0.3, 0.4) is 0 Å². The van der Waals surface area contributed by atoms with Gasteiger partial charge in [-0.3, -0.25) is 0 Å². The summed E-state index contributed by atoms with van der Waals surface area (Å²) in [7, 11) is 1.94. The number of nitrogens with zero attached hydrogens (tertiary/aromatic N) is 1. The molecule has 84 valence electrons. The van der Waals surface area contributed by atoms with E-state index in [1.807, 2.05) is 7.05 Å². The predicted molar refractivity (Wildman–Crippen MR) is 69.8 cm³/mol. The molecule has 1 heterocycles. The minimum atomic E-state index is 0.843. The van der Waals surface area contributed by atoms with Gasteiger partial charge < -0.3 is 5.32 Å². The first-order chi connectivity index (χ1) is 7.69. The minimum Gasteiger partial charge on any atom is -0.314 e. The van der Waals surface area contributed by atoms with E-state index in [0.717, 1.165) is 17.2 Å². The molecular weight excluding hydrogens is 216 g/mol. The summed E-state index contributed by atoms with van der Waals surface area (Å²) < 4.78 is 0. The summed E-state index contributed by atoms with van der Waals surface area (Å²) >= 11 is 1.71. The number of aromatic nitrogens is 1. The molecule has 0 atom stereocenters. The van der Waals surface area contributed by atoms with Gasteiger partial charge >= 0.3 is 0 Å². The average Bonchev–Trinajstić information content (AvgIpc) is 2.65. The third kappa shape index (κ3) is 2.49. The zero-order valence-electron chi connectivity index (χ0n) is 9.87. The third-order valence-corrected chi connectivity index (χ3v) is 3.25. The van der Waals surface area contributed by atoms with Crippen molar-refractivity contribution in [3.8, 4) is 11.3 Å². The molecule has 0 amide bonds. The van der Waals surface area contributed by atoms with Gasteiger partial charge in [-0.1, -0.05) is 17.2 Å². The van der Waals surface area contributed by atoms with Crippen molar-refractivity contribution >= 4 is 11.3 Å². The summed E-state index contributed by atoms with van der Waals surface area (Å²) in [6.07, 6.45) is 0. The van der Waals surface area contributed by atoms with E-state index in [9.17, 15) is 0 Å². The Morgan fingerprint density at radius 3 is 2.50 bits per heavy atom. The highest BCUT2D eigenvalue weighted by atomic mass is 32.1. The molecule has 0 saturated heterocycles. The molecule has 0 aliphatic heterocycles. The maximum absolute atomic E-state index is 4.61. The first-order valence-corrected chi connectivity index (χ1v) is 6.24. The Morgan fingerprint density at radius 2 is 1.88 bits per heavy atom. The smallest absolute Gasteiger partial charge is 0.107 e. The Balaban J connectivity index is 2.34. The zero-order chi connectivity index (χ0) is 11.5. The van der Waals surface area contributed by atoms with Crippen LogP contribution < -0.4 is 5.32 Å². The Kier molecular flexibility index (Phi) is 3.36. The van der Waals surface area contributed by atoms with E-state index in [0.29, 0.717) is 0 Å². The summed E-state index contributed by atoms with van der Waals surface area (Å²) in [5.74, 6) is 0. The van der Waals surface area contributed by atoms with Crippen molar-refractivity contribution in [3.63, 3.8) is 0 Å². The van der Waals surface area contributed by atoms with Crippen molar-refractivity contribution in [2.24, 2.45) is 0 Å². The van der Waals surface area contributed by atoms with E-state index in [4.69, 9.17) is 0 Å². The topological polar surface area (TPSA) is 24.9 Å². The molecule has 1 aromatic carbocycles. The molecule has 3 heteroatoms. The summed E-state index contributed by atoms with van der Waals surface area (Å²) in [6, 6.07) is 6.56. The van der Waals surface area contributed by atoms with Crippen molar-refractivity contribution in [2.75, 3.05) is 7.05 Å². The lowest BCUT2D eigenvalue weighted by atomic mass is 10.1. The fourth-order valence-corrected chi connectivity index (χ4v) is 2.61. The maximum atomic E-state index is 4.61. The highest BCUT2D eigenvalue weighted by Gasteiger charge is 2.04. The fraction of sp³-hybridized carbons (Fsp3) is 0.308. The second-order valence-electron chi connectivity index (χ2n) is 4.03. The average molecular weight is 232 g/mol. The summed E-state index contributed by atoms with van der Waals surface area (Å²) in [4.78, 5) is 4.61. The molecule has 0 radical (unpaired) electrons. The van der Waals surface area contributed by atoms with Crippen LogP contribution in [0.5, 0.6) is 0 Å². The number of hydrogen-bond donors (Lipinski definition) is 1. The Morgan fingerprint density at radius 1 is 1.19 bits per heavy atom. The normalized spacial score (nSPS) is 10.7. The highest BCUT2D eigenvalue weighted by molar-refractivity contribution is 7.09. The van der Waals surface area contributed by atoms with Crippen LogP contribution in [0.2, 0.25) is 0 Å². The van der Waals surface area contributed by atoms with Gasteiger partial charge in [-0.05, 0) is 33.0 Å². The van der Waals surface area contributed by atoms with E-state index < -0.39 is 0 Å². The predicted octanol–water partition coefficient (Wildman–Crippen LogP) is 3.15. The maximum Gasteiger partial charge on any atom is 0.107 e. The van der Waals surface area contributed by atoms with Crippen LogP contribution in [0.1, 0.15) is 16.1 Å². The van der Waals surface area contributed by atoms with E-state index >= 15 is 0 Å². The molecule has 2 rings (SSSR count). The number of nitrogens with one attached hydrogen (secondary N) is 1. The third-order valence-electron chi connectivity index (χ3n) is 2.40. The van der Waals surface area contributed by atoms with Crippen molar-refractivity contribution in [2.45, 2.75) is 20.4 Å². The van der Waals surface area contributed by atoms with Gasteiger partial charge in [0.1, 0.15) is 5.01 Å². The number of aryl methyl sites for hydroxylation is 2. The van der Waals surface area contributed by atoms with Gasteiger partial charge in [0.05, 0.1) is 5.69 Å². The minimum absolute atomic E-state index is 0.843. The molecule has 0 bridgehead atoms. The van der Waals surface area contributed by atoms with Crippen molar-refractivity contribution < 1.29 is 0 Å². The lowest BCUT2D eigenvalue weighted by Crippen LogP contribution is -2.04. The van der Waals surface area contributed by atoms with Crippen LogP contribution >= 0.6 is 11.3 Å². The van der Waals surface area contributed by atoms with Crippen LogP contribution in [0.4, 0.5) is 0 Å². The molecule has 0 unspecified atom stereocenters. The molecule has 0 aliphatic carbocycles. The Bertz CT molecular complexity index is 468. The monoisotopic (exact) mass is 232 g/mol. The van der Waals surface area contributed by atoms with Crippen LogP contribution in [0.15, 0.2) is 23.6 Å². The van der Waals surface area contributed by atoms with Gasteiger partial charge in [-0.25, -0.2) is 4.98 Å². The number of rotatable bonds is 3. The molecule has 0 fully saturated rings. The number of hydrogen-bond acceptors (Lipinski definition) is 3. The molecular formula is C13H16N2S. The summed E-state index contributed by atoms with van der Waals surface area (Å²) in [5, 5.41) is 6.38. The van der Waals surface area contributed by atoms with Gasteiger partial charge in [-0.15, -0.1) is 11.3 Å². The van der Waals surface area contributed by atoms with E-state index in [1.54, 1.807) is 11.3 Å². The first-order valence-electron chi connectivity index (χ1n) is 5.36. The fourth-order valence-electron chi connectivity index (χ4n) is 1.80. The molecule has 0 aliphatic rings. The van der Waals surface area contributed by atoms with Crippen LogP contribution in [0.25, 0.3) is 11.3 Å². The van der Waals surface area contributed by atoms with E-state index in [2.05, 4.69) is 47.7 Å². The lowest BCUT2D eigenvalue weighted by molar-refractivity contribution is 0.811. The van der Waals surface area contributed by atoms with Crippen LogP contribution in [-0.4, -0.2) is 12.0 Å². The standard InChI is InChI=1S/C13H16N2S/c1-9-4-10(2)6-11(5-9)12-8-16-13(15-12)7-14-3/h4-6,8,14H,7H2,1-3H3. The molecule has 2 nitrogen and oxygen atoms in total. The van der Waals surface area contributed by atoms with Crippen molar-refractivity contribution in [1.29, 1.82) is 0 Å². The van der Waals surface area contributed by atoms with E-state index in [1.165, 1.54) is 16.7 Å².